The van der Waals surface area contributed by atoms with Crippen molar-refractivity contribution >= 4 is 17.7 Å². The first-order valence-corrected chi connectivity index (χ1v) is 4.61. The normalized spacial score (nSPS) is 11.4. The predicted octanol–water partition coefficient (Wildman–Crippen LogP) is 2.76. The van der Waals surface area contributed by atoms with Crippen molar-refractivity contribution in [1.29, 1.82) is 0 Å². The van der Waals surface area contributed by atoms with E-state index < -0.39 is 11.2 Å². The third-order valence-corrected chi connectivity index (χ3v) is 2.69. The zero-order valence-electron chi connectivity index (χ0n) is 7.33. The van der Waals surface area contributed by atoms with Crippen molar-refractivity contribution in [3.8, 4) is 0 Å². The van der Waals surface area contributed by atoms with Crippen LogP contribution in [-0.2, 0) is 4.79 Å². The first-order chi connectivity index (χ1) is 6.43. The van der Waals surface area contributed by atoms with Crippen LogP contribution >= 0.6 is 11.8 Å². The molecule has 1 aromatic carbocycles. The number of carbonyl (C=O) groups is 1. The second kappa shape index (κ2) is 3.96. The van der Waals surface area contributed by atoms with Crippen molar-refractivity contribution in [1.82, 2.24) is 0 Å². The van der Waals surface area contributed by atoms with Gasteiger partial charge in [-0.2, -0.15) is 8.78 Å². The first kappa shape index (κ1) is 11.0. The SMILES string of the molecule is Cc1ccccc1SC(F)(F)C(=O)O. The third-order valence-electron chi connectivity index (χ3n) is 1.58. The van der Waals surface area contributed by atoms with E-state index in [1.807, 2.05) is 0 Å². The number of aliphatic carboxylic acids is 1. The molecule has 0 aliphatic heterocycles. The van der Waals surface area contributed by atoms with E-state index in [9.17, 15) is 13.6 Å². The summed E-state index contributed by atoms with van der Waals surface area (Å²) in [6.45, 7) is 1.65. The van der Waals surface area contributed by atoms with Crippen molar-refractivity contribution in [2.24, 2.45) is 0 Å². The van der Waals surface area contributed by atoms with E-state index in [0.717, 1.165) is 0 Å². The number of rotatable bonds is 3. The minimum atomic E-state index is -3.77. The van der Waals surface area contributed by atoms with Gasteiger partial charge in [-0.15, -0.1) is 0 Å². The van der Waals surface area contributed by atoms with Crippen LogP contribution in [0.15, 0.2) is 29.2 Å². The summed E-state index contributed by atoms with van der Waals surface area (Å²) < 4.78 is 25.6. The highest BCUT2D eigenvalue weighted by Gasteiger charge is 2.40. The Morgan fingerprint density at radius 1 is 1.43 bits per heavy atom. The molecule has 76 valence electrons. The van der Waals surface area contributed by atoms with Crippen LogP contribution in [0.2, 0.25) is 0 Å². The van der Waals surface area contributed by atoms with Crippen LogP contribution in [0.25, 0.3) is 0 Å². The molecule has 0 unspecified atom stereocenters. The molecule has 0 amide bonds. The van der Waals surface area contributed by atoms with E-state index in [4.69, 9.17) is 5.11 Å². The Morgan fingerprint density at radius 2 is 2.00 bits per heavy atom. The second-order valence-corrected chi connectivity index (χ2v) is 3.85. The molecule has 0 saturated carbocycles. The molecule has 0 heterocycles. The van der Waals surface area contributed by atoms with Crippen LogP contribution < -0.4 is 0 Å². The molecule has 0 aliphatic carbocycles. The maximum atomic E-state index is 12.8. The maximum absolute atomic E-state index is 12.8. The molecule has 0 aliphatic rings. The van der Waals surface area contributed by atoms with Crippen molar-refractivity contribution < 1.29 is 18.7 Å². The Balaban J connectivity index is 2.89. The van der Waals surface area contributed by atoms with Crippen LogP contribution in [0.4, 0.5) is 8.78 Å². The fourth-order valence-electron chi connectivity index (χ4n) is 0.853. The fraction of sp³-hybridized carbons (Fsp3) is 0.222. The maximum Gasteiger partial charge on any atom is 0.393 e. The Kier molecular flexibility index (Phi) is 3.10. The number of alkyl halides is 2. The van der Waals surface area contributed by atoms with Gasteiger partial charge in [-0.25, -0.2) is 4.79 Å². The summed E-state index contributed by atoms with van der Waals surface area (Å²) in [6, 6.07) is 6.42. The van der Waals surface area contributed by atoms with Gasteiger partial charge in [0.1, 0.15) is 0 Å². The standard InChI is InChI=1S/C9H8F2O2S/c1-6-4-2-3-5-7(6)14-9(10,11)8(12)13/h2-5H,1H3,(H,12,13). The summed E-state index contributed by atoms with van der Waals surface area (Å²) in [7, 11) is 0. The van der Waals surface area contributed by atoms with Crippen LogP contribution in [-0.4, -0.2) is 16.3 Å². The summed E-state index contributed by atoms with van der Waals surface area (Å²) >= 11 is 0.0477. The smallest absolute Gasteiger partial charge is 0.393 e. The fourth-order valence-corrected chi connectivity index (χ4v) is 1.59. The van der Waals surface area contributed by atoms with Crippen molar-refractivity contribution in [3.05, 3.63) is 29.8 Å². The third kappa shape index (κ3) is 2.45. The zero-order chi connectivity index (χ0) is 10.8. The molecule has 5 heteroatoms. The summed E-state index contributed by atoms with van der Waals surface area (Å²) in [5, 5.41) is 4.45. The van der Waals surface area contributed by atoms with Gasteiger partial charge in [0, 0.05) is 4.90 Å². The highest BCUT2D eigenvalue weighted by molar-refractivity contribution is 8.01. The lowest BCUT2D eigenvalue weighted by atomic mass is 10.2. The lowest BCUT2D eigenvalue weighted by Crippen LogP contribution is -2.23. The number of aryl methyl sites for hydroxylation is 1. The van der Waals surface area contributed by atoms with E-state index >= 15 is 0 Å². The number of carboxylic acids is 1. The van der Waals surface area contributed by atoms with Crippen molar-refractivity contribution in [2.75, 3.05) is 0 Å². The summed E-state index contributed by atoms with van der Waals surface area (Å²) in [6.07, 6.45) is 0. The number of hydrogen-bond donors (Lipinski definition) is 1. The molecule has 14 heavy (non-hydrogen) atoms. The van der Waals surface area contributed by atoms with Gasteiger partial charge in [-0.05, 0) is 30.3 Å². The number of carboxylic acid groups (broad SMARTS) is 1. The van der Waals surface area contributed by atoms with Crippen LogP contribution in [0, 0.1) is 6.92 Å². The molecule has 0 radical (unpaired) electrons. The Bertz CT molecular complexity index is 352. The average Bonchev–Trinajstić information content (AvgIpc) is 2.08. The zero-order valence-corrected chi connectivity index (χ0v) is 8.15. The Morgan fingerprint density at radius 3 is 2.50 bits per heavy atom. The van der Waals surface area contributed by atoms with Gasteiger partial charge >= 0.3 is 11.2 Å². The van der Waals surface area contributed by atoms with E-state index in [0.29, 0.717) is 5.56 Å². The Hall–Kier alpha value is -1.10. The minimum Gasteiger partial charge on any atom is -0.476 e. The molecule has 0 saturated heterocycles. The molecular formula is C9H8F2O2S. The quantitative estimate of drug-likeness (QED) is 0.792. The van der Waals surface area contributed by atoms with Crippen molar-refractivity contribution in [2.45, 2.75) is 17.1 Å². The second-order valence-electron chi connectivity index (χ2n) is 2.69. The molecule has 0 bridgehead atoms. The lowest BCUT2D eigenvalue weighted by molar-refractivity contribution is -0.152. The van der Waals surface area contributed by atoms with Gasteiger partial charge in [0.05, 0.1) is 0 Å². The molecule has 2 nitrogen and oxygen atoms in total. The molecule has 0 atom stereocenters. The van der Waals surface area contributed by atoms with Crippen LogP contribution in [0.3, 0.4) is 0 Å². The van der Waals surface area contributed by atoms with Gasteiger partial charge in [-0.1, -0.05) is 18.2 Å². The van der Waals surface area contributed by atoms with Crippen LogP contribution in [0.1, 0.15) is 5.56 Å². The molecular weight excluding hydrogens is 210 g/mol. The molecule has 1 aromatic rings. The van der Waals surface area contributed by atoms with Gasteiger partial charge in [-0.3, -0.25) is 0 Å². The predicted molar refractivity (Wildman–Crippen MR) is 49.6 cm³/mol. The van der Waals surface area contributed by atoms with Gasteiger partial charge in [0.2, 0.25) is 0 Å². The molecule has 1 N–H and O–H groups in total. The highest BCUT2D eigenvalue weighted by Crippen LogP contribution is 2.37. The van der Waals surface area contributed by atoms with Gasteiger partial charge in [0.15, 0.2) is 0 Å². The van der Waals surface area contributed by atoms with Gasteiger partial charge in [0.25, 0.3) is 0 Å². The van der Waals surface area contributed by atoms with E-state index in [1.165, 1.54) is 6.07 Å². The number of halogens is 2. The molecule has 0 fully saturated rings. The summed E-state index contributed by atoms with van der Waals surface area (Å²) in [5.41, 5.74) is 0.637. The van der Waals surface area contributed by atoms with E-state index in [2.05, 4.69) is 0 Å². The minimum absolute atomic E-state index is 0.0477. The first-order valence-electron chi connectivity index (χ1n) is 3.79. The van der Waals surface area contributed by atoms with E-state index in [1.54, 1.807) is 25.1 Å². The number of benzene rings is 1. The Labute approximate surface area is 83.9 Å². The summed E-state index contributed by atoms with van der Waals surface area (Å²) in [5.74, 6) is -2.12. The van der Waals surface area contributed by atoms with Crippen LogP contribution in [0.5, 0.6) is 0 Å². The molecule has 0 spiro atoms. The highest BCUT2D eigenvalue weighted by atomic mass is 32.2. The van der Waals surface area contributed by atoms with Gasteiger partial charge < -0.3 is 5.11 Å². The number of thioether (sulfide) groups is 1. The molecule has 1 rings (SSSR count). The molecule has 0 aromatic heterocycles. The average molecular weight is 218 g/mol. The summed E-state index contributed by atoms with van der Waals surface area (Å²) in [4.78, 5) is 10.4. The monoisotopic (exact) mass is 218 g/mol. The topological polar surface area (TPSA) is 37.3 Å². The largest absolute Gasteiger partial charge is 0.476 e. The number of hydrogen-bond acceptors (Lipinski definition) is 2. The van der Waals surface area contributed by atoms with E-state index in [-0.39, 0.29) is 16.7 Å². The van der Waals surface area contributed by atoms with Crippen molar-refractivity contribution in [3.63, 3.8) is 0 Å². The lowest BCUT2D eigenvalue weighted by Gasteiger charge is -2.11.